The lowest BCUT2D eigenvalue weighted by Crippen LogP contribution is -2.39. The van der Waals surface area contributed by atoms with Crippen molar-refractivity contribution >= 4 is 40.7 Å². The number of carbonyl (C=O) groups is 2. The number of nitrogens with one attached hydrogen (secondary N) is 1. The molecule has 1 aromatic heterocycles. The van der Waals surface area contributed by atoms with Gasteiger partial charge in [0.1, 0.15) is 5.75 Å². The largest absolute Gasteiger partial charge is 0.495 e. The fraction of sp³-hybridized carbons (Fsp3) is 0.421. The van der Waals surface area contributed by atoms with Crippen molar-refractivity contribution < 1.29 is 19.4 Å². The number of carboxylic acids is 1. The Bertz CT molecular complexity index is 855. The van der Waals surface area contributed by atoms with Crippen LogP contribution in [0.25, 0.3) is 0 Å². The van der Waals surface area contributed by atoms with Crippen molar-refractivity contribution in [2.75, 3.05) is 31.3 Å². The summed E-state index contributed by atoms with van der Waals surface area (Å²) < 4.78 is 6.14. The molecule has 2 aromatic rings. The smallest absolute Gasteiger partial charge is 0.355 e. The van der Waals surface area contributed by atoms with E-state index in [4.69, 9.17) is 9.84 Å². The van der Waals surface area contributed by atoms with Gasteiger partial charge in [0.2, 0.25) is 5.91 Å². The van der Waals surface area contributed by atoms with Gasteiger partial charge in [0.15, 0.2) is 10.0 Å². The van der Waals surface area contributed by atoms with Gasteiger partial charge < -0.3 is 20.1 Å². The minimum absolute atomic E-state index is 0.0685. The third kappa shape index (κ3) is 4.77. The lowest BCUT2D eigenvalue weighted by molar-refractivity contribution is -0.128. The minimum Gasteiger partial charge on any atom is -0.495 e. The first-order valence-electron chi connectivity index (χ1n) is 8.98. The molecule has 1 aliphatic rings. The van der Waals surface area contributed by atoms with Crippen LogP contribution in [0.3, 0.4) is 0 Å². The Morgan fingerprint density at radius 3 is 3.04 bits per heavy atom. The Labute approximate surface area is 172 Å². The zero-order valence-electron chi connectivity index (χ0n) is 15.8. The second-order valence-electron chi connectivity index (χ2n) is 6.46. The molecule has 7 nitrogen and oxygen atoms in total. The number of aryl methyl sites for hydroxylation is 1. The van der Waals surface area contributed by atoms with Crippen molar-refractivity contribution in [3.05, 3.63) is 34.8 Å². The maximum absolute atomic E-state index is 12.3. The molecule has 0 spiro atoms. The van der Waals surface area contributed by atoms with E-state index >= 15 is 0 Å². The number of hydrogen-bond donors (Lipinski definition) is 2. The number of aromatic carboxylic acids is 1. The number of para-hydroxylation sites is 1. The van der Waals surface area contributed by atoms with E-state index in [1.165, 1.54) is 28.5 Å². The average molecular weight is 422 g/mol. The molecule has 1 unspecified atom stereocenters. The van der Waals surface area contributed by atoms with Gasteiger partial charge in [0.05, 0.1) is 12.8 Å². The number of aromatic nitrogens is 1. The second-order valence-corrected chi connectivity index (χ2v) is 8.67. The molecule has 1 atom stereocenters. The summed E-state index contributed by atoms with van der Waals surface area (Å²) in [7, 11) is 1.65. The van der Waals surface area contributed by atoms with Gasteiger partial charge in [-0.1, -0.05) is 23.9 Å². The number of ether oxygens (including phenoxy) is 1. The molecule has 1 fully saturated rings. The number of thioether (sulfide) groups is 1. The first-order chi connectivity index (χ1) is 13.5. The molecule has 1 aliphatic heterocycles. The van der Waals surface area contributed by atoms with E-state index in [-0.39, 0.29) is 17.6 Å². The van der Waals surface area contributed by atoms with Crippen LogP contribution in [0.4, 0.5) is 5.69 Å². The number of rotatable bonds is 9. The van der Waals surface area contributed by atoms with Crippen molar-refractivity contribution in [2.45, 2.75) is 30.1 Å². The van der Waals surface area contributed by atoms with Gasteiger partial charge in [-0.2, -0.15) is 0 Å². The molecule has 0 aliphatic carbocycles. The minimum atomic E-state index is -1.02. The topological polar surface area (TPSA) is 91.8 Å². The molecule has 28 heavy (non-hydrogen) atoms. The highest BCUT2D eigenvalue weighted by Crippen LogP contribution is 2.29. The van der Waals surface area contributed by atoms with E-state index in [1.807, 2.05) is 30.0 Å². The van der Waals surface area contributed by atoms with E-state index in [0.717, 1.165) is 23.4 Å². The van der Waals surface area contributed by atoms with Crippen molar-refractivity contribution in [3.63, 3.8) is 0 Å². The van der Waals surface area contributed by atoms with Gasteiger partial charge in [-0.3, -0.25) is 4.79 Å². The number of hydrogen-bond acceptors (Lipinski definition) is 7. The Balaban J connectivity index is 1.55. The van der Waals surface area contributed by atoms with Crippen LogP contribution in [0.1, 0.15) is 28.9 Å². The van der Waals surface area contributed by atoms with Crippen LogP contribution in [0.5, 0.6) is 5.75 Å². The molecule has 1 saturated heterocycles. The molecule has 0 bridgehead atoms. The number of methoxy groups -OCH3 is 1. The van der Waals surface area contributed by atoms with E-state index < -0.39 is 5.97 Å². The fourth-order valence-electron chi connectivity index (χ4n) is 3.22. The lowest BCUT2D eigenvalue weighted by Gasteiger charge is -2.26. The fourth-order valence-corrected chi connectivity index (χ4v) is 5.03. The predicted octanol–water partition coefficient (Wildman–Crippen LogP) is 3.35. The highest BCUT2D eigenvalue weighted by atomic mass is 32.2. The number of likely N-dealkylation sites (tertiary alicyclic amines) is 1. The zero-order valence-corrected chi connectivity index (χ0v) is 17.4. The molecule has 0 radical (unpaired) electrons. The van der Waals surface area contributed by atoms with Gasteiger partial charge in [-0.05, 0) is 25.0 Å². The summed E-state index contributed by atoms with van der Waals surface area (Å²) in [5, 5.41) is 13.9. The number of anilines is 1. The Kier molecular flexibility index (Phi) is 6.79. The lowest BCUT2D eigenvalue weighted by atomic mass is 10.1. The molecule has 2 N–H and O–H groups in total. The van der Waals surface area contributed by atoms with Gasteiger partial charge in [0.25, 0.3) is 0 Å². The Morgan fingerprint density at radius 2 is 2.32 bits per heavy atom. The standard InChI is InChI=1S/C19H23N3O4S2/c1-12-4-3-5-15(26-2)17(12)20-10-13-6-7-16(23)22(13)8-9-27-19-21-14(11-28-19)18(24)25/h3-5,11,13,20H,6-10H2,1-2H3,(H,24,25). The molecular formula is C19H23N3O4S2. The molecule has 3 rings (SSSR count). The van der Waals surface area contributed by atoms with Crippen molar-refractivity contribution in [1.29, 1.82) is 0 Å². The number of carboxylic acid groups (broad SMARTS) is 1. The summed E-state index contributed by atoms with van der Waals surface area (Å²) in [5.41, 5.74) is 2.13. The normalized spacial score (nSPS) is 16.4. The van der Waals surface area contributed by atoms with Gasteiger partial charge in [-0.15, -0.1) is 11.3 Å². The van der Waals surface area contributed by atoms with E-state index in [9.17, 15) is 9.59 Å². The van der Waals surface area contributed by atoms with Gasteiger partial charge >= 0.3 is 5.97 Å². The first kappa shape index (κ1) is 20.5. The molecular weight excluding hydrogens is 398 g/mol. The number of nitrogens with zero attached hydrogens (tertiary/aromatic N) is 2. The molecule has 9 heteroatoms. The molecule has 1 aromatic carbocycles. The van der Waals surface area contributed by atoms with Gasteiger partial charge in [0, 0.05) is 36.7 Å². The predicted molar refractivity (Wildman–Crippen MR) is 111 cm³/mol. The van der Waals surface area contributed by atoms with Crippen molar-refractivity contribution in [2.24, 2.45) is 0 Å². The summed E-state index contributed by atoms with van der Waals surface area (Å²) >= 11 is 2.80. The van der Waals surface area contributed by atoms with Crippen molar-refractivity contribution in [1.82, 2.24) is 9.88 Å². The third-order valence-electron chi connectivity index (χ3n) is 4.68. The summed E-state index contributed by atoms with van der Waals surface area (Å²) in [5.74, 6) is 0.622. The summed E-state index contributed by atoms with van der Waals surface area (Å²) in [6.07, 6.45) is 1.38. The van der Waals surface area contributed by atoms with Gasteiger partial charge in [-0.25, -0.2) is 9.78 Å². The second kappa shape index (κ2) is 9.29. The van der Waals surface area contributed by atoms with Crippen LogP contribution in [0.2, 0.25) is 0 Å². The molecule has 0 saturated carbocycles. The number of carbonyl (C=O) groups excluding carboxylic acids is 1. The first-order valence-corrected chi connectivity index (χ1v) is 10.8. The molecule has 150 valence electrons. The quantitative estimate of drug-likeness (QED) is 0.600. The maximum atomic E-state index is 12.3. The van der Waals surface area contributed by atoms with Crippen molar-refractivity contribution in [3.8, 4) is 5.75 Å². The highest BCUT2D eigenvalue weighted by Gasteiger charge is 2.30. The average Bonchev–Trinajstić information content (AvgIpc) is 3.28. The zero-order chi connectivity index (χ0) is 20.1. The van der Waals surface area contributed by atoms with E-state index in [2.05, 4.69) is 10.3 Å². The van der Waals surface area contributed by atoms with Crippen LogP contribution < -0.4 is 10.1 Å². The SMILES string of the molecule is COc1cccc(C)c1NCC1CCC(=O)N1CCSc1nc(C(=O)O)cs1. The highest BCUT2D eigenvalue weighted by molar-refractivity contribution is 8.01. The number of benzene rings is 1. The van der Waals surface area contributed by atoms with Crippen LogP contribution in [-0.2, 0) is 4.79 Å². The van der Waals surface area contributed by atoms with Crippen LogP contribution in [-0.4, -0.2) is 58.9 Å². The number of thiazole rings is 1. The third-order valence-corrected chi connectivity index (χ3v) is 6.68. The Morgan fingerprint density at radius 1 is 1.50 bits per heavy atom. The monoisotopic (exact) mass is 421 g/mol. The molecule has 1 amide bonds. The molecule has 2 heterocycles. The summed E-state index contributed by atoms with van der Waals surface area (Å²) in [4.78, 5) is 29.2. The number of amides is 1. The summed E-state index contributed by atoms with van der Waals surface area (Å²) in [6, 6.07) is 6.03. The Hall–Kier alpha value is -2.26. The summed E-state index contributed by atoms with van der Waals surface area (Å²) in [6.45, 7) is 3.30. The van der Waals surface area contributed by atoms with E-state index in [1.54, 1.807) is 7.11 Å². The van der Waals surface area contributed by atoms with Crippen LogP contribution in [0.15, 0.2) is 27.9 Å². The van der Waals surface area contributed by atoms with E-state index in [0.29, 0.717) is 29.6 Å². The van der Waals surface area contributed by atoms with Crippen LogP contribution >= 0.6 is 23.1 Å². The maximum Gasteiger partial charge on any atom is 0.355 e. The van der Waals surface area contributed by atoms with Crippen LogP contribution in [0, 0.1) is 6.92 Å².